The zero-order valence-electron chi connectivity index (χ0n) is 11.3. The second kappa shape index (κ2) is 5.54. The number of hydrogen-bond acceptors (Lipinski definition) is 2. The van der Waals surface area contributed by atoms with Gasteiger partial charge in [0.15, 0.2) is 0 Å². The molecule has 2 heteroatoms. The van der Waals surface area contributed by atoms with E-state index in [9.17, 15) is 0 Å². The van der Waals surface area contributed by atoms with Gasteiger partial charge in [-0.25, -0.2) is 0 Å². The third-order valence-corrected chi connectivity index (χ3v) is 4.05. The van der Waals surface area contributed by atoms with E-state index < -0.39 is 0 Å². The number of nitrogens with zero attached hydrogens (tertiary/aromatic N) is 1. The Hall–Kier alpha value is -1.67. The maximum Gasteiger partial charge on any atom is 0.0405 e. The highest BCUT2D eigenvalue weighted by atomic mass is 14.9. The zero-order valence-corrected chi connectivity index (χ0v) is 11.3. The van der Waals surface area contributed by atoms with Crippen molar-refractivity contribution < 1.29 is 0 Å². The van der Waals surface area contributed by atoms with E-state index in [2.05, 4.69) is 47.6 Å². The van der Waals surface area contributed by atoms with Crippen molar-refractivity contribution in [2.45, 2.75) is 31.7 Å². The molecule has 2 nitrogen and oxygen atoms in total. The first-order chi connectivity index (χ1) is 9.40. The summed E-state index contributed by atoms with van der Waals surface area (Å²) in [5, 5.41) is 3.64. The van der Waals surface area contributed by atoms with Gasteiger partial charge in [0.1, 0.15) is 0 Å². The van der Waals surface area contributed by atoms with Crippen LogP contribution in [0.1, 0.15) is 42.0 Å². The topological polar surface area (TPSA) is 24.9 Å². The van der Waals surface area contributed by atoms with Crippen molar-refractivity contribution in [1.82, 2.24) is 10.3 Å². The van der Waals surface area contributed by atoms with E-state index >= 15 is 0 Å². The summed E-state index contributed by atoms with van der Waals surface area (Å²) in [5.41, 5.74) is 4.32. The lowest BCUT2D eigenvalue weighted by atomic mass is 9.89. The van der Waals surface area contributed by atoms with Gasteiger partial charge >= 0.3 is 0 Å². The molecule has 2 unspecified atom stereocenters. The zero-order chi connectivity index (χ0) is 13.1. The van der Waals surface area contributed by atoms with Crippen LogP contribution in [-0.2, 0) is 6.42 Å². The van der Waals surface area contributed by atoms with E-state index in [0.29, 0.717) is 12.0 Å². The van der Waals surface area contributed by atoms with Gasteiger partial charge in [-0.3, -0.25) is 4.98 Å². The van der Waals surface area contributed by atoms with Crippen molar-refractivity contribution in [1.29, 1.82) is 0 Å². The standard InChI is InChI=1S/C17H20N2/c1-2-19-17(14-7-5-11-18-12-14)16-10-9-13-6-3-4-8-15(13)16/h3-8,11-12,16-17,19H,2,9-10H2,1H3. The van der Waals surface area contributed by atoms with Crippen LogP contribution in [0.2, 0.25) is 0 Å². The van der Waals surface area contributed by atoms with Gasteiger partial charge in [-0.2, -0.15) is 0 Å². The first kappa shape index (κ1) is 12.4. The van der Waals surface area contributed by atoms with Crippen molar-refractivity contribution in [2.24, 2.45) is 0 Å². The summed E-state index contributed by atoms with van der Waals surface area (Å²) in [7, 11) is 0. The fourth-order valence-electron chi connectivity index (χ4n) is 3.21. The quantitative estimate of drug-likeness (QED) is 0.901. The Balaban J connectivity index is 1.94. The number of fused-ring (bicyclic) bond motifs is 1. The molecule has 0 bridgehead atoms. The van der Waals surface area contributed by atoms with E-state index in [1.54, 1.807) is 0 Å². The van der Waals surface area contributed by atoms with Crippen molar-refractivity contribution in [3.8, 4) is 0 Å². The van der Waals surface area contributed by atoms with E-state index in [1.807, 2.05) is 18.5 Å². The third kappa shape index (κ3) is 2.41. The minimum Gasteiger partial charge on any atom is -0.310 e. The molecule has 3 rings (SSSR count). The molecule has 2 aromatic rings. The highest BCUT2D eigenvalue weighted by molar-refractivity contribution is 5.37. The Kier molecular flexibility index (Phi) is 3.60. The Bertz CT molecular complexity index is 536. The van der Waals surface area contributed by atoms with Gasteiger partial charge in [-0.05, 0) is 42.1 Å². The first-order valence-electron chi connectivity index (χ1n) is 7.11. The Morgan fingerprint density at radius 1 is 1.26 bits per heavy atom. The first-order valence-corrected chi connectivity index (χ1v) is 7.11. The molecule has 0 radical (unpaired) electrons. The van der Waals surface area contributed by atoms with Crippen molar-refractivity contribution in [3.63, 3.8) is 0 Å². The van der Waals surface area contributed by atoms with Gasteiger partial charge in [-0.15, -0.1) is 0 Å². The largest absolute Gasteiger partial charge is 0.310 e. The third-order valence-electron chi connectivity index (χ3n) is 4.05. The van der Waals surface area contributed by atoms with Crippen LogP contribution in [0.5, 0.6) is 0 Å². The van der Waals surface area contributed by atoms with Crippen molar-refractivity contribution >= 4 is 0 Å². The molecule has 19 heavy (non-hydrogen) atoms. The molecule has 0 fully saturated rings. The van der Waals surface area contributed by atoms with Gasteiger partial charge < -0.3 is 5.32 Å². The molecule has 0 aliphatic heterocycles. The van der Waals surface area contributed by atoms with Gasteiger partial charge in [0, 0.05) is 24.4 Å². The molecular weight excluding hydrogens is 232 g/mol. The molecule has 2 atom stereocenters. The Morgan fingerprint density at radius 2 is 2.16 bits per heavy atom. The maximum absolute atomic E-state index is 4.28. The summed E-state index contributed by atoms with van der Waals surface area (Å²) < 4.78 is 0. The van der Waals surface area contributed by atoms with Crippen LogP contribution in [0.4, 0.5) is 0 Å². The van der Waals surface area contributed by atoms with E-state index in [1.165, 1.54) is 29.5 Å². The summed E-state index contributed by atoms with van der Waals surface area (Å²) in [6.07, 6.45) is 6.26. The number of aryl methyl sites for hydroxylation is 1. The number of benzene rings is 1. The summed E-state index contributed by atoms with van der Waals surface area (Å²) in [4.78, 5) is 4.28. The lowest BCUT2D eigenvalue weighted by Crippen LogP contribution is -2.26. The van der Waals surface area contributed by atoms with E-state index in [0.717, 1.165) is 6.54 Å². The molecule has 0 amide bonds. The minimum absolute atomic E-state index is 0.377. The molecular formula is C17H20N2. The number of hydrogen-bond donors (Lipinski definition) is 1. The SMILES string of the molecule is CCNC(c1cccnc1)C1CCc2ccccc21. The minimum atomic E-state index is 0.377. The van der Waals surface area contributed by atoms with Crippen molar-refractivity contribution in [3.05, 3.63) is 65.5 Å². The maximum atomic E-state index is 4.28. The molecule has 0 saturated heterocycles. The van der Waals surface area contributed by atoms with Gasteiger partial charge in [0.2, 0.25) is 0 Å². The molecule has 1 aromatic carbocycles. The smallest absolute Gasteiger partial charge is 0.0405 e. The van der Waals surface area contributed by atoms with Gasteiger partial charge in [-0.1, -0.05) is 37.3 Å². The number of nitrogens with one attached hydrogen (secondary N) is 1. The van der Waals surface area contributed by atoms with Crippen LogP contribution in [0, 0.1) is 0 Å². The van der Waals surface area contributed by atoms with Gasteiger partial charge in [0.25, 0.3) is 0 Å². The average Bonchev–Trinajstić information content (AvgIpc) is 2.89. The normalized spacial score (nSPS) is 19.1. The van der Waals surface area contributed by atoms with Crippen LogP contribution in [0.25, 0.3) is 0 Å². The lowest BCUT2D eigenvalue weighted by molar-refractivity contribution is 0.452. The average molecular weight is 252 g/mol. The van der Waals surface area contributed by atoms with Gasteiger partial charge in [0.05, 0.1) is 0 Å². The predicted octanol–water partition coefficient (Wildman–Crippen LogP) is 3.46. The van der Waals surface area contributed by atoms with Crippen molar-refractivity contribution in [2.75, 3.05) is 6.54 Å². The Morgan fingerprint density at radius 3 is 2.95 bits per heavy atom. The molecule has 0 saturated carbocycles. The summed E-state index contributed by atoms with van der Waals surface area (Å²) >= 11 is 0. The van der Waals surface area contributed by atoms with Crippen LogP contribution in [-0.4, -0.2) is 11.5 Å². The fraction of sp³-hybridized carbons (Fsp3) is 0.353. The van der Waals surface area contributed by atoms with E-state index in [-0.39, 0.29) is 0 Å². The molecule has 98 valence electrons. The molecule has 1 aliphatic rings. The van der Waals surface area contributed by atoms with Crippen LogP contribution in [0.15, 0.2) is 48.8 Å². The number of pyridine rings is 1. The summed E-state index contributed by atoms with van der Waals surface area (Å²) in [6, 6.07) is 13.4. The molecule has 1 N–H and O–H groups in total. The Labute approximate surface area is 114 Å². The monoisotopic (exact) mass is 252 g/mol. The molecule has 0 spiro atoms. The highest BCUT2D eigenvalue weighted by Crippen LogP contribution is 2.41. The van der Waals surface area contributed by atoms with Crippen LogP contribution in [0.3, 0.4) is 0 Å². The number of aromatic nitrogens is 1. The van der Waals surface area contributed by atoms with Crippen LogP contribution < -0.4 is 5.32 Å². The summed E-state index contributed by atoms with van der Waals surface area (Å²) in [5.74, 6) is 0.570. The van der Waals surface area contributed by atoms with Crippen LogP contribution >= 0.6 is 0 Å². The highest BCUT2D eigenvalue weighted by Gasteiger charge is 2.29. The summed E-state index contributed by atoms with van der Waals surface area (Å²) in [6.45, 7) is 3.16. The second-order valence-corrected chi connectivity index (χ2v) is 5.17. The molecule has 1 aromatic heterocycles. The number of likely N-dealkylation sites (N-methyl/N-ethyl adjacent to an activating group) is 1. The van der Waals surface area contributed by atoms with E-state index in [4.69, 9.17) is 0 Å². The second-order valence-electron chi connectivity index (χ2n) is 5.17. The molecule has 1 heterocycles. The molecule has 1 aliphatic carbocycles. The predicted molar refractivity (Wildman–Crippen MR) is 78.2 cm³/mol. The lowest BCUT2D eigenvalue weighted by Gasteiger charge is -2.25. The number of rotatable bonds is 4. The fourth-order valence-corrected chi connectivity index (χ4v) is 3.21.